The molecule has 2 aromatic rings. The molecule has 4 nitrogen and oxygen atoms in total. The predicted molar refractivity (Wildman–Crippen MR) is 77.6 cm³/mol. The predicted octanol–water partition coefficient (Wildman–Crippen LogP) is 3.09. The molecule has 8 heteroatoms. The Morgan fingerprint density at radius 2 is 2.10 bits per heavy atom. The molecule has 2 N–H and O–H groups in total. The lowest BCUT2D eigenvalue weighted by atomic mass is 9.92. The molecular weight excluding hydrogens is 402 g/mol. The number of aromatic amines is 1. The van der Waals surface area contributed by atoms with E-state index in [1.54, 1.807) is 18.2 Å². The maximum Gasteiger partial charge on any atom is 0.432 e. The van der Waals surface area contributed by atoms with Gasteiger partial charge in [0.1, 0.15) is 0 Å². The van der Waals surface area contributed by atoms with Crippen LogP contribution in [0.3, 0.4) is 0 Å². The molecule has 2 rings (SSSR count). The maximum absolute atomic E-state index is 13.3. The molecule has 0 saturated carbocycles. The van der Waals surface area contributed by atoms with Crippen molar-refractivity contribution in [3.05, 3.63) is 33.5 Å². The van der Waals surface area contributed by atoms with Gasteiger partial charge in [-0.2, -0.15) is 13.2 Å². The largest absolute Gasteiger partial charge is 0.463 e. The minimum absolute atomic E-state index is 0.144. The van der Waals surface area contributed by atoms with E-state index < -0.39 is 23.3 Å². The van der Waals surface area contributed by atoms with Crippen LogP contribution in [0.1, 0.15) is 12.5 Å². The van der Waals surface area contributed by atoms with E-state index in [0.29, 0.717) is 9.09 Å². The Morgan fingerprint density at radius 3 is 2.67 bits per heavy atom. The van der Waals surface area contributed by atoms with Crippen LogP contribution in [-0.2, 0) is 15.1 Å². The smallest absolute Gasteiger partial charge is 0.432 e. The third-order valence-electron chi connectivity index (χ3n) is 3.03. The van der Waals surface area contributed by atoms with E-state index in [9.17, 15) is 23.1 Å². The molecule has 0 fully saturated rings. The number of rotatable bonds is 3. The first-order valence-electron chi connectivity index (χ1n) is 5.95. The topological polar surface area (TPSA) is 62.3 Å². The summed E-state index contributed by atoms with van der Waals surface area (Å²) >= 11 is 1.84. The van der Waals surface area contributed by atoms with E-state index in [1.165, 1.54) is 6.92 Å². The number of nitrogens with one attached hydrogen (secondary N) is 1. The Kier molecular flexibility index (Phi) is 4.20. The van der Waals surface area contributed by atoms with Crippen LogP contribution in [0, 0.1) is 3.57 Å². The summed E-state index contributed by atoms with van der Waals surface area (Å²) in [5.74, 6) is -1.74. The molecule has 1 aromatic heterocycles. The third kappa shape index (κ3) is 2.50. The first kappa shape index (κ1) is 16.1. The highest BCUT2D eigenvalue weighted by molar-refractivity contribution is 14.1. The summed E-state index contributed by atoms with van der Waals surface area (Å²) < 4.78 is 44.9. The van der Waals surface area contributed by atoms with Crippen LogP contribution >= 0.6 is 22.6 Å². The number of halogens is 4. The Hall–Kier alpha value is -1.29. The lowest BCUT2D eigenvalue weighted by Gasteiger charge is -2.28. The van der Waals surface area contributed by atoms with Crippen molar-refractivity contribution in [2.75, 3.05) is 6.61 Å². The number of carbonyl (C=O) groups excluding carboxylic acids is 1. The van der Waals surface area contributed by atoms with Gasteiger partial charge in [0.15, 0.2) is 0 Å². The summed E-state index contributed by atoms with van der Waals surface area (Å²) in [6.45, 7) is 1.10. The molecule has 1 aromatic carbocycles. The fraction of sp³-hybridized carbons (Fsp3) is 0.308. The molecule has 0 unspecified atom stereocenters. The van der Waals surface area contributed by atoms with Crippen LogP contribution in [0.2, 0.25) is 0 Å². The van der Waals surface area contributed by atoms with Gasteiger partial charge in [0.25, 0.3) is 5.60 Å². The van der Waals surface area contributed by atoms with Gasteiger partial charge in [-0.25, -0.2) is 4.79 Å². The van der Waals surface area contributed by atoms with Gasteiger partial charge in [-0.3, -0.25) is 0 Å². The van der Waals surface area contributed by atoms with E-state index in [1.807, 2.05) is 22.6 Å². The molecule has 0 amide bonds. The zero-order valence-corrected chi connectivity index (χ0v) is 12.9. The lowest BCUT2D eigenvalue weighted by molar-refractivity contribution is -0.267. The number of carbonyl (C=O) groups is 1. The molecule has 0 aliphatic carbocycles. The SMILES string of the molecule is CCOC(=O)[C@@](O)(c1c[nH]c2cccc(I)c12)C(F)(F)F. The second-order valence-electron chi connectivity index (χ2n) is 4.29. The third-order valence-corrected chi connectivity index (χ3v) is 3.92. The van der Waals surface area contributed by atoms with Gasteiger partial charge in [-0.15, -0.1) is 0 Å². The maximum atomic E-state index is 13.3. The Labute approximate surface area is 131 Å². The highest BCUT2D eigenvalue weighted by Gasteiger charge is 2.63. The summed E-state index contributed by atoms with van der Waals surface area (Å²) in [5, 5.41) is 10.3. The number of hydrogen-bond donors (Lipinski definition) is 2. The van der Waals surface area contributed by atoms with Gasteiger partial charge >= 0.3 is 12.1 Å². The molecule has 1 atom stereocenters. The van der Waals surface area contributed by atoms with Gasteiger partial charge in [0, 0.05) is 26.2 Å². The quantitative estimate of drug-likeness (QED) is 0.601. The Morgan fingerprint density at radius 1 is 1.43 bits per heavy atom. The summed E-state index contributed by atoms with van der Waals surface area (Å²) in [6.07, 6.45) is -4.22. The lowest BCUT2D eigenvalue weighted by Crippen LogP contribution is -2.50. The van der Waals surface area contributed by atoms with Crippen molar-refractivity contribution in [1.82, 2.24) is 4.98 Å². The van der Waals surface area contributed by atoms with E-state index in [0.717, 1.165) is 6.20 Å². The minimum atomic E-state index is -5.20. The monoisotopic (exact) mass is 413 g/mol. The summed E-state index contributed by atoms with van der Waals surface area (Å²) in [4.78, 5) is 14.4. The molecule has 0 bridgehead atoms. The average molecular weight is 413 g/mol. The Balaban J connectivity index is 2.74. The molecule has 21 heavy (non-hydrogen) atoms. The van der Waals surface area contributed by atoms with Crippen LogP contribution in [0.4, 0.5) is 13.2 Å². The molecule has 0 aliphatic heterocycles. The van der Waals surface area contributed by atoms with Crippen LogP contribution in [-0.4, -0.2) is 28.8 Å². The van der Waals surface area contributed by atoms with Crippen molar-refractivity contribution in [3.63, 3.8) is 0 Å². The normalized spacial score (nSPS) is 15.0. The first-order chi connectivity index (χ1) is 9.73. The zero-order valence-electron chi connectivity index (χ0n) is 10.8. The zero-order chi connectivity index (χ0) is 15.8. The van der Waals surface area contributed by atoms with Gasteiger partial charge in [-0.1, -0.05) is 6.07 Å². The number of hydrogen-bond acceptors (Lipinski definition) is 3. The minimum Gasteiger partial charge on any atom is -0.463 e. The number of fused-ring (bicyclic) bond motifs is 1. The van der Waals surface area contributed by atoms with Crippen molar-refractivity contribution in [1.29, 1.82) is 0 Å². The molecule has 0 saturated heterocycles. The van der Waals surface area contributed by atoms with E-state index in [4.69, 9.17) is 0 Å². The van der Waals surface area contributed by atoms with E-state index in [2.05, 4.69) is 9.72 Å². The number of aromatic nitrogens is 1. The van der Waals surface area contributed by atoms with Crippen LogP contribution in [0.25, 0.3) is 10.9 Å². The molecule has 0 spiro atoms. The second-order valence-corrected chi connectivity index (χ2v) is 5.46. The van der Waals surface area contributed by atoms with Crippen molar-refractivity contribution < 1.29 is 27.8 Å². The molecule has 1 heterocycles. The highest BCUT2D eigenvalue weighted by atomic mass is 127. The average Bonchev–Trinajstić information content (AvgIpc) is 2.82. The first-order valence-corrected chi connectivity index (χ1v) is 7.03. The number of esters is 1. The summed E-state index contributed by atoms with van der Waals surface area (Å²) in [7, 11) is 0. The van der Waals surface area contributed by atoms with Gasteiger partial charge in [0.05, 0.1) is 6.61 Å². The number of ether oxygens (including phenoxy) is 1. The van der Waals surface area contributed by atoms with Gasteiger partial charge < -0.3 is 14.8 Å². The molecule has 114 valence electrons. The van der Waals surface area contributed by atoms with Crippen LogP contribution < -0.4 is 0 Å². The van der Waals surface area contributed by atoms with Gasteiger partial charge in [-0.05, 0) is 41.6 Å². The number of aliphatic hydroxyl groups is 1. The highest BCUT2D eigenvalue weighted by Crippen LogP contribution is 2.43. The number of H-pyrrole nitrogens is 1. The Bertz CT molecular complexity index is 683. The van der Waals surface area contributed by atoms with E-state index >= 15 is 0 Å². The van der Waals surface area contributed by atoms with E-state index in [-0.39, 0.29) is 12.0 Å². The van der Waals surface area contributed by atoms with Crippen LogP contribution in [0.15, 0.2) is 24.4 Å². The molecule has 0 aliphatic rings. The molecular formula is C13H11F3INO3. The fourth-order valence-electron chi connectivity index (χ4n) is 2.04. The summed E-state index contributed by atoms with van der Waals surface area (Å²) in [6, 6.07) is 4.80. The number of alkyl halides is 3. The standard InChI is InChI=1S/C13H11F3INO3/c1-2-21-11(19)12(20,13(14,15)16)7-6-18-9-5-3-4-8(17)10(7)9/h3-6,18,20H,2H2,1H3/t12-/m0/s1. The number of benzene rings is 1. The fourth-order valence-corrected chi connectivity index (χ4v) is 2.83. The van der Waals surface area contributed by atoms with Crippen molar-refractivity contribution in [3.8, 4) is 0 Å². The van der Waals surface area contributed by atoms with Crippen LogP contribution in [0.5, 0.6) is 0 Å². The van der Waals surface area contributed by atoms with Crippen molar-refractivity contribution in [2.45, 2.75) is 18.7 Å². The van der Waals surface area contributed by atoms with Crippen molar-refractivity contribution >= 4 is 39.5 Å². The molecule has 0 radical (unpaired) electrons. The second kappa shape index (κ2) is 5.48. The summed E-state index contributed by atoms with van der Waals surface area (Å²) in [5.41, 5.74) is -3.87. The van der Waals surface area contributed by atoms with Gasteiger partial charge in [0.2, 0.25) is 0 Å². The van der Waals surface area contributed by atoms with Crippen molar-refractivity contribution in [2.24, 2.45) is 0 Å².